The molecule has 0 spiro atoms. The van der Waals surface area contributed by atoms with Gasteiger partial charge < -0.3 is 15.0 Å². The van der Waals surface area contributed by atoms with E-state index < -0.39 is 0 Å². The highest BCUT2D eigenvalue weighted by Gasteiger charge is 2.40. The first-order valence-corrected chi connectivity index (χ1v) is 9.04. The summed E-state index contributed by atoms with van der Waals surface area (Å²) in [6.07, 6.45) is 2.38. The molecule has 0 saturated carbocycles. The van der Waals surface area contributed by atoms with Crippen LogP contribution in [0.4, 0.5) is 0 Å². The lowest BCUT2D eigenvalue weighted by Gasteiger charge is -2.49. The second kappa shape index (κ2) is 6.56. The van der Waals surface area contributed by atoms with Crippen molar-refractivity contribution < 1.29 is 9.53 Å². The molecule has 3 aliphatic rings. The summed E-state index contributed by atoms with van der Waals surface area (Å²) in [6, 6.07) is 12.3. The Bertz CT molecular complexity index is 760. The topological polar surface area (TPSA) is 57.4 Å². The molecule has 0 unspecified atom stereocenters. The number of amides is 1. The van der Waals surface area contributed by atoms with Gasteiger partial charge in [-0.25, -0.2) is 0 Å². The molecule has 1 amide bonds. The number of hydrogen-bond acceptors (Lipinski definition) is 3. The number of H-pyrrole nitrogens is 1. The van der Waals surface area contributed by atoms with Crippen molar-refractivity contribution in [2.45, 2.75) is 31.8 Å². The lowest BCUT2D eigenvalue weighted by Crippen LogP contribution is -2.62. The minimum atomic E-state index is -0.0141. The first-order valence-electron chi connectivity index (χ1n) is 9.04. The molecular formula is C20H25N3O2. The Hall–Kier alpha value is -2.27. The van der Waals surface area contributed by atoms with Crippen molar-refractivity contribution in [2.24, 2.45) is 5.92 Å². The van der Waals surface area contributed by atoms with Crippen LogP contribution in [0.15, 0.2) is 36.4 Å². The van der Waals surface area contributed by atoms with Crippen LogP contribution in [0.5, 0.6) is 5.75 Å². The van der Waals surface area contributed by atoms with Gasteiger partial charge in [-0.2, -0.15) is 0 Å². The normalized spacial score (nSPS) is 27.9. The number of fused-ring (bicyclic) bond motifs is 3. The third kappa shape index (κ3) is 3.04. The Morgan fingerprint density at radius 2 is 2.04 bits per heavy atom. The maximum atomic E-state index is 12.7. The molecule has 1 aromatic heterocycles. The smallest absolute Gasteiger partial charge is 0.267 e. The first kappa shape index (κ1) is 16.2. The lowest BCUT2D eigenvalue weighted by molar-refractivity contribution is 0.0216. The summed E-state index contributed by atoms with van der Waals surface area (Å²) in [4.78, 5) is 18.5. The number of carbonyl (C=O) groups is 1. The van der Waals surface area contributed by atoms with E-state index in [4.69, 9.17) is 4.74 Å². The maximum absolute atomic E-state index is 12.7. The zero-order chi connectivity index (χ0) is 17.4. The molecule has 1 aromatic carbocycles. The number of aromatic nitrogens is 1. The molecule has 25 heavy (non-hydrogen) atoms. The molecule has 3 aliphatic heterocycles. The van der Waals surface area contributed by atoms with Crippen LogP contribution in [0.3, 0.4) is 0 Å². The molecular weight excluding hydrogens is 314 g/mol. The number of benzene rings is 1. The van der Waals surface area contributed by atoms with Crippen LogP contribution < -0.4 is 10.1 Å². The van der Waals surface area contributed by atoms with Crippen molar-refractivity contribution in [3.05, 3.63) is 42.1 Å². The average molecular weight is 339 g/mol. The Morgan fingerprint density at radius 1 is 1.24 bits per heavy atom. The Kier molecular flexibility index (Phi) is 4.25. The van der Waals surface area contributed by atoms with Crippen molar-refractivity contribution in [3.8, 4) is 17.0 Å². The number of piperidine rings is 3. The van der Waals surface area contributed by atoms with Crippen LogP contribution in [-0.2, 0) is 0 Å². The van der Waals surface area contributed by atoms with Gasteiger partial charge in [-0.3, -0.25) is 9.69 Å². The summed E-state index contributed by atoms with van der Waals surface area (Å²) in [5.74, 6) is 1.40. The van der Waals surface area contributed by atoms with Gasteiger partial charge in [0, 0.05) is 23.3 Å². The van der Waals surface area contributed by atoms with Gasteiger partial charge in [-0.15, -0.1) is 0 Å². The fourth-order valence-corrected chi connectivity index (χ4v) is 4.26. The van der Waals surface area contributed by atoms with Gasteiger partial charge in [0.25, 0.3) is 5.91 Å². The summed E-state index contributed by atoms with van der Waals surface area (Å²) < 4.78 is 5.27. The third-order valence-electron chi connectivity index (χ3n) is 5.79. The quantitative estimate of drug-likeness (QED) is 0.900. The molecule has 3 saturated heterocycles. The molecule has 2 bridgehead atoms. The number of ether oxygens (including phenoxy) is 1. The number of rotatable bonds is 4. The van der Waals surface area contributed by atoms with Gasteiger partial charge in [-0.05, 0) is 63.0 Å². The fourth-order valence-electron chi connectivity index (χ4n) is 4.26. The Labute approximate surface area is 148 Å². The van der Waals surface area contributed by atoms with Crippen LogP contribution in [0, 0.1) is 5.92 Å². The molecule has 5 heteroatoms. The van der Waals surface area contributed by atoms with Crippen LogP contribution >= 0.6 is 0 Å². The van der Waals surface area contributed by atoms with Gasteiger partial charge in [-0.1, -0.05) is 12.1 Å². The van der Waals surface area contributed by atoms with Crippen molar-refractivity contribution in [1.29, 1.82) is 0 Å². The summed E-state index contributed by atoms with van der Waals surface area (Å²) in [7, 11) is 1.65. The van der Waals surface area contributed by atoms with E-state index in [1.807, 2.05) is 36.4 Å². The second-order valence-corrected chi connectivity index (χ2v) is 7.13. The van der Waals surface area contributed by atoms with Crippen LogP contribution in [0.2, 0.25) is 0 Å². The minimum Gasteiger partial charge on any atom is -0.497 e. The monoisotopic (exact) mass is 339 g/mol. The van der Waals surface area contributed by atoms with Gasteiger partial charge in [0.2, 0.25) is 0 Å². The molecule has 0 radical (unpaired) electrons. The highest BCUT2D eigenvalue weighted by Crippen LogP contribution is 2.32. The summed E-state index contributed by atoms with van der Waals surface area (Å²) in [5, 5.41) is 3.27. The Morgan fingerprint density at radius 3 is 2.76 bits per heavy atom. The number of carbonyl (C=O) groups excluding carboxylic acids is 1. The zero-order valence-electron chi connectivity index (χ0n) is 14.8. The van der Waals surface area contributed by atoms with E-state index in [0.717, 1.165) is 17.0 Å². The van der Waals surface area contributed by atoms with E-state index in [9.17, 15) is 4.79 Å². The van der Waals surface area contributed by atoms with E-state index in [1.165, 1.54) is 25.9 Å². The number of nitrogens with one attached hydrogen (secondary N) is 2. The van der Waals surface area contributed by atoms with E-state index in [-0.39, 0.29) is 11.9 Å². The SMILES string of the molecule is COc1cccc(-c2ccc(C(=O)N[C@@H]3C4CCN(CC4)[C@@H]3C)[nH]2)c1. The summed E-state index contributed by atoms with van der Waals surface area (Å²) in [5.41, 5.74) is 2.54. The standard InChI is InChI=1S/C20H25N3O2/c1-13-19(14-8-10-23(13)11-9-14)22-20(24)18-7-6-17(21-18)15-4-3-5-16(12-15)25-2/h3-7,12-14,19,21H,8-11H2,1-2H3,(H,22,24)/t13-,19+/m1/s1. The average Bonchev–Trinajstić information content (AvgIpc) is 3.15. The van der Waals surface area contributed by atoms with E-state index >= 15 is 0 Å². The molecule has 132 valence electrons. The van der Waals surface area contributed by atoms with Crippen LogP contribution in [0.1, 0.15) is 30.3 Å². The number of nitrogens with zero attached hydrogens (tertiary/aromatic N) is 1. The maximum Gasteiger partial charge on any atom is 0.267 e. The Balaban J connectivity index is 1.49. The van der Waals surface area contributed by atoms with Crippen molar-refractivity contribution in [1.82, 2.24) is 15.2 Å². The van der Waals surface area contributed by atoms with E-state index in [0.29, 0.717) is 17.7 Å². The van der Waals surface area contributed by atoms with Crippen LogP contribution in [-0.4, -0.2) is 48.1 Å². The zero-order valence-corrected chi connectivity index (χ0v) is 14.8. The highest BCUT2D eigenvalue weighted by molar-refractivity contribution is 5.93. The minimum absolute atomic E-state index is 0.0141. The number of methoxy groups -OCH3 is 1. The predicted molar refractivity (Wildman–Crippen MR) is 97.8 cm³/mol. The largest absolute Gasteiger partial charge is 0.497 e. The fraction of sp³-hybridized carbons (Fsp3) is 0.450. The van der Waals surface area contributed by atoms with E-state index in [1.54, 1.807) is 7.11 Å². The van der Waals surface area contributed by atoms with Gasteiger partial charge in [0.1, 0.15) is 11.4 Å². The van der Waals surface area contributed by atoms with Gasteiger partial charge >= 0.3 is 0 Å². The molecule has 5 rings (SSSR count). The van der Waals surface area contributed by atoms with Crippen molar-refractivity contribution in [3.63, 3.8) is 0 Å². The molecule has 0 aliphatic carbocycles. The summed E-state index contributed by atoms with van der Waals surface area (Å²) >= 11 is 0. The molecule has 3 fully saturated rings. The van der Waals surface area contributed by atoms with Gasteiger partial charge in [0.15, 0.2) is 0 Å². The van der Waals surface area contributed by atoms with Crippen molar-refractivity contribution >= 4 is 5.91 Å². The highest BCUT2D eigenvalue weighted by atomic mass is 16.5. The molecule has 4 heterocycles. The molecule has 2 atom stereocenters. The molecule has 2 aromatic rings. The first-order chi connectivity index (χ1) is 12.2. The second-order valence-electron chi connectivity index (χ2n) is 7.13. The number of hydrogen-bond donors (Lipinski definition) is 2. The number of aromatic amines is 1. The van der Waals surface area contributed by atoms with Crippen molar-refractivity contribution in [2.75, 3.05) is 20.2 Å². The summed E-state index contributed by atoms with van der Waals surface area (Å²) in [6.45, 7) is 4.56. The van der Waals surface area contributed by atoms with E-state index in [2.05, 4.69) is 22.1 Å². The third-order valence-corrected chi connectivity index (χ3v) is 5.79. The lowest BCUT2D eigenvalue weighted by atomic mass is 9.79. The predicted octanol–water partition coefficient (Wildman–Crippen LogP) is 2.90. The van der Waals surface area contributed by atoms with Gasteiger partial charge in [0.05, 0.1) is 7.11 Å². The van der Waals surface area contributed by atoms with Crippen LogP contribution in [0.25, 0.3) is 11.3 Å². The molecule has 5 nitrogen and oxygen atoms in total. The molecule has 2 N–H and O–H groups in total.